The molecule has 2 aromatic carbocycles. The molecule has 0 aromatic heterocycles. The summed E-state index contributed by atoms with van der Waals surface area (Å²) in [4.78, 5) is 38.7. The van der Waals surface area contributed by atoms with Crippen molar-refractivity contribution in [1.82, 2.24) is 4.90 Å². The Kier molecular flexibility index (Phi) is 5.88. The van der Waals surface area contributed by atoms with Gasteiger partial charge in [-0.15, -0.1) is 0 Å². The van der Waals surface area contributed by atoms with Crippen molar-refractivity contribution in [3.8, 4) is 0 Å². The van der Waals surface area contributed by atoms with Gasteiger partial charge in [-0.2, -0.15) is 0 Å². The van der Waals surface area contributed by atoms with E-state index >= 15 is 0 Å². The number of piperazine rings is 1. The number of benzene rings is 2. The molecule has 8 nitrogen and oxygen atoms in total. The smallest absolute Gasteiger partial charge is 0.338 e. The Labute approximate surface area is 162 Å². The van der Waals surface area contributed by atoms with Crippen molar-refractivity contribution < 1.29 is 19.2 Å². The molecule has 0 saturated carbocycles. The van der Waals surface area contributed by atoms with Crippen LogP contribution in [-0.4, -0.2) is 54.5 Å². The number of carbonyl (C=O) groups is 2. The van der Waals surface area contributed by atoms with Gasteiger partial charge in [-0.3, -0.25) is 14.9 Å². The van der Waals surface area contributed by atoms with Crippen molar-refractivity contribution in [2.75, 3.05) is 37.7 Å². The van der Waals surface area contributed by atoms with Crippen LogP contribution in [0.15, 0.2) is 48.5 Å². The number of carbonyl (C=O) groups excluding carboxylic acids is 2. The van der Waals surface area contributed by atoms with Crippen LogP contribution >= 0.6 is 0 Å². The Hall–Kier alpha value is -3.42. The van der Waals surface area contributed by atoms with Crippen molar-refractivity contribution in [3.63, 3.8) is 0 Å². The number of nitro groups is 1. The van der Waals surface area contributed by atoms with Crippen molar-refractivity contribution in [2.24, 2.45) is 0 Å². The van der Waals surface area contributed by atoms with Gasteiger partial charge >= 0.3 is 5.97 Å². The average Bonchev–Trinajstić information content (AvgIpc) is 2.72. The van der Waals surface area contributed by atoms with Crippen molar-refractivity contribution in [2.45, 2.75) is 6.92 Å². The van der Waals surface area contributed by atoms with Crippen LogP contribution in [0, 0.1) is 17.0 Å². The number of nitrogens with zero attached hydrogens (tertiary/aromatic N) is 3. The normalized spacial score (nSPS) is 13.9. The lowest BCUT2D eigenvalue weighted by molar-refractivity contribution is -0.385. The number of amides is 1. The summed E-state index contributed by atoms with van der Waals surface area (Å²) >= 11 is 0. The van der Waals surface area contributed by atoms with Crippen LogP contribution in [0.4, 0.5) is 11.4 Å². The van der Waals surface area contributed by atoms with Gasteiger partial charge in [0.25, 0.3) is 11.6 Å². The molecule has 0 bridgehead atoms. The van der Waals surface area contributed by atoms with E-state index in [1.54, 1.807) is 11.8 Å². The number of aryl methyl sites for hydroxylation is 1. The molecule has 2 aromatic rings. The van der Waals surface area contributed by atoms with Gasteiger partial charge in [0.1, 0.15) is 0 Å². The third-order valence-corrected chi connectivity index (χ3v) is 4.71. The van der Waals surface area contributed by atoms with E-state index < -0.39 is 10.9 Å². The molecule has 28 heavy (non-hydrogen) atoms. The second-order valence-corrected chi connectivity index (χ2v) is 6.54. The third-order valence-electron chi connectivity index (χ3n) is 4.71. The molecular weight excluding hydrogens is 362 g/mol. The molecular formula is C20H21N3O5. The molecule has 0 unspecified atom stereocenters. The van der Waals surface area contributed by atoms with E-state index in [9.17, 15) is 19.7 Å². The zero-order valence-corrected chi connectivity index (χ0v) is 15.5. The van der Waals surface area contributed by atoms with Gasteiger partial charge in [0.05, 0.1) is 10.5 Å². The Balaban J connectivity index is 1.50. The van der Waals surface area contributed by atoms with Crippen molar-refractivity contribution in [1.29, 1.82) is 0 Å². The molecule has 0 atom stereocenters. The molecule has 8 heteroatoms. The van der Waals surface area contributed by atoms with E-state index in [-0.39, 0.29) is 23.8 Å². The predicted octanol–water partition coefficient (Wildman–Crippen LogP) is 2.41. The van der Waals surface area contributed by atoms with Gasteiger partial charge in [-0.25, -0.2) is 4.79 Å². The average molecular weight is 383 g/mol. The number of ether oxygens (including phenoxy) is 1. The molecule has 0 N–H and O–H groups in total. The molecule has 1 heterocycles. The largest absolute Gasteiger partial charge is 0.452 e. The van der Waals surface area contributed by atoms with Crippen LogP contribution in [0.2, 0.25) is 0 Å². The van der Waals surface area contributed by atoms with Gasteiger partial charge in [-0.05, 0) is 31.2 Å². The van der Waals surface area contributed by atoms with Crippen LogP contribution in [0.1, 0.15) is 15.9 Å². The highest BCUT2D eigenvalue weighted by Gasteiger charge is 2.23. The van der Waals surface area contributed by atoms with Gasteiger partial charge < -0.3 is 14.5 Å². The molecule has 0 radical (unpaired) electrons. The number of hydrogen-bond acceptors (Lipinski definition) is 6. The first-order valence-corrected chi connectivity index (χ1v) is 8.95. The number of nitro benzene ring substituents is 1. The summed E-state index contributed by atoms with van der Waals surface area (Å²) in [5.74, 6) is -0.922. The lowest BCUT2D eigenvalue weighted by atomic mass is 10.1. The number of esters is 1. The first kappa shape index (κ1) is 19.3. The molecule has 0 spiro atoms. The highest BCUT2D eigenvalue weighted by molar-refractivity contribution is 5.91. The first-order valence-electron chi connectivity index (χ1n) is 8.95. The molecule has 1 saturated heterocycles. The van der Waals surface area contributed by atoms with Gasteiger partial charge in [0.15, 0.2) is 6.61 Å². The quantitative estimate of drug-likeness (QED) is 0.447. The lowest BCUT2D eigenvalue weighted by Crippen LogP contribution is -2.49. The SMILES string of the molecule is Cc1cc(C(=O)OCC(=O)N2CCN(c3ccccc3)CC2)ccc1[N+](=O)[O-]. The molecule has 1 fully saturated rings. The maximum Gasteiger partial charge on any atom is 0.338 e. The molecule has 0 aliphatic carbocycles. The molecule has 146 valence electrons. The van der Waals surface area contributed by atoms with Crippen LogP contribution in [0.5, 0.6) is 0 Å². The van der Waals surface area contributed by atoms with E-state index in [0.29, 0.717) is 31.7 Å². The maximum absolute atomic E-state index is 12.3. The summed E-state index contributed by atoms with van der Waals surface area (Å²) in [6, 6.07) is 14.0. The summed E-state index contributed by atoms with van der Waals surface area (Å²) in [5, 5.41) is 10.8. The monoisotopic (exact) mass is 383 g/mol. The van der Waals surface area contributed by atoms with Crippen LogP contribution < -0.4 is 4.90 Å². The highest BCUT2D eigenvalue weighted by atomic mass is 16.6. The van der Waals surface area contributed by atoms with E-state index in [0.717, 1.165) is 5.69 Å². The Morgan fingerprint density at radius 1 is 1.07 bits per heavy atom. The topological polar surface area (TPSA) is 93.0 Å². The summed E-state index contributed by atoms with van der Waals surface area (Å²) in [7, 11) is 0. The molecule has 3 rings (SSSR count). The fourth-order valence-corrected chi connectivity index (χ4v) is 3.14. The van der Waals surface area contributed by atoms with Crippen LogP contribution in [0.3, 0.4) is 0 Å². The van der Waals surface area contributed by atoms with Gasteiger partial charge in [0.2, 0.25) is 0 Å². The fourth-order valence-electron chi connectivity index (χ4n) is 3.14. The number of para-hydroxylation sites is 1. The predicted molar refractivity (Wildman–Crippen MR) is 103 cm³/mol. The Morgan fingerprint density at radius 3 is 2.36 bits per heavy atom. The Morgan fingerprint density at radius 2 is 1.75 bits per heavy atom. The minimum atomic E-state index is -0.672. The number of anilines is 1. The van der Waals surface area contributed by atoms with E-state index in [1.165, 1.54) is 18.2 Å². The van der Waals surface area contributed by atoms with Gasteiger partial charge in [-0.1, -0.05) is 18.2 Å². The van der Waals surface area contributed by atoms with Crippen LogP contribution in [0.25, 0.3) is 0 Å². The zero-order valence-electron chi connectivity index (χ0n) is 15.5. The highest BCUT2D eigenvalue weighted by Crippen LogP contribution is 2.19. The van der Waals surface area contributed by atoms with E-state index in [4.69, 9.17) is 4.74 Å². The Bertz CT molecular complexity index is 877. The number of rotatable bonds is 5. The summed E-state index contributed by atoms with van der Waals surface area (Å²) in [5.41, 5.74) is 1.60. The van der Waals surface area contributed by atoms with E-state index in [2.05, 4.69) is 4.90 Å². The summed E-state index contributed by atoms with van der Waals surface area (Å²) in [6.07, 6.45) is 0. The van der Waals surface area contributed by atoms with Crippen molar-refractivity contribution >= 4 is 23.3 Å². The fraction of sp³-hybridized carbons (Fsp3) is 0.300. The first-order chi connectivity index (χ1) is 13.5. The summed E-state index contributed by atoms with van der Waals surface area (Å²) < 4.78 is 5.10. The minimum Gasteiger partial charge on any atom is -0.452 e. The zero-order chi connectivity index (χ0) is 20.1. The standard InChI is InChI=1S/C20H21N3O5/c1-15-13-16(7-8-18(15)23(26)27)20(25)28-14-19(24)22-11-9-21(10-12-22)17-5-3-2-4-6-17/h2-8,13H,9-12,14H2,1H3. The molecule has 1 amide bonds. The molecule has 1 aliphatic heterocycles. The van der Waals surface area contributed by atoms with Crippen LogP contribution in [-0.2, 0) is 9.53 Å². The van der Waals surface area contributed by atoms with E-state index in [1.807, 2.05) is 30.3 Å². The summed E-state index contributed by atoms with van der Waals surface area (Å²) in [6.45, 7) is 3.74. The molecule has 1 aliphatic rings. The second-order valence-electron chi connectivity index (χ2n) is 6.54. The minimum absolute atomic E-state index is 0.0658. The second kappa shape index (κ2) is 8.51. The number of hydrogen-bond donors (Lipinski definition) is 0. The maximum atomic E-state index is 12.3. The van der Waals surface area contributed by atoms with Gasteiger partial charge in [0, 0.05) is 43.5 Å². The van der Waals surface area contributed by atoms with Crippen molar-refractivity contribution in [3.05, 3.63) is 69.8 Å². The lowest BCUT2D eigenvalue weighted by Gasteiger charge is -2.36. The third kappa shape index (κ3) is 4.46.